The van der Waals surface area contributed by atoms with Crippen molar-refractivity contribution in [1.82, 2.24) is 9.97 Å². The highest BCUT2D eigenvalue weighted by Crippen LogP contribution is 2.18. The van der Waals surface area contributed by atoms with E-state index in [1.165, 1.54) is 17.7 Å². The molecule has 0 amide bonds. The topological polar surface area (TPSA) is 37.8 Å². The minimum Gasteiger partial charge on any atom is -0.365 e. The maximum absolute atomic E-state index is 12.9. The van der Waals surface area contributed by atoms with Crippen LogP contribution in [0.15, 0.2) is 60.9 Å². The Labute approximate surface area is 128 Å². The van der Waals surface area contributed by atoms with Gasteiger partial charge < -0.3 is 5.32 Å². The molecule has 0 radical (unpaired) electrons. The lowest BCUT2D eigenvalue weighted by Crippen LogP contribution is -2.02. The summed E-state index contributed by atoms with van der Waals surface area (Å²) in [5.74, 6) is 0.465. The molecule has 0 aliphatic heterocycles. The SMILES string of the molecule is Cc1ccc(-c2cncc(NCc3ccc(F)cc3)n2)cc1. The molecule has 3 rings (SSSR count). The normalized spacial score (nSPS) is 10.5. The van der Waals surface area contributed by atoms with Crippen LogP contribution < -0.4 is 5.32 Å². The third-order valence-electron chi connectivity index (χ3n) is 3.37. The Kier molecular flexibility index (Phi) is 4.10. The summed E-state index contributed by atoms with van der Waals surface area (Å²) in [6.45, 7) is 2.63. The number of nitrogens with zero attached hydrogens (tertiary/aromatic N) is 2. The number of benzene rings is 2. The van der Waals surface area contributed by atoms with Crippen LogP contribution in [0.2, 0.25) is 0 Å². The van der Waals surface area contributed by atoms with Gasteiger partial charge in [-0.2, -0.15) is 0 Å². The van der Waals surface area contributed by atoms with Crippen molar-refractivity contribution < 1.29 is 4.39 Å². The summed E-state index contributed by atoms with van der Waals surface area (Å²) in [6, 6.07) is 14.6. The fraction of sp³-hybridized carbons (Fsp3) is 0.111. The molecule has 0 atom stereocenters. The Morgan fingerprint density at radius 1 is 0.955 bits per heavy atom. The van der Waals surface area contributed by atoms with Crippen LogP contribution in [0.4, 0.5) is 10.2 Å². The number of rotatable bonds is 4. The highest BCUT2D eigenvalue weighted by atomic mass is 19.1. The van der Waals surface area contributed by atoms with Gasteiger partial charge in [-0.15, -0.1) is 0 Å². The van der Waals surface area contributed by atoms with Gasteiger partial charge in [-0.25, -0.2) is 9.37 Å². The molecule has 1 heterocycles. The summed E-state index contributed by atoms with van der Waals surface area (Å²) in [7, 11) is 0. The highest BCUT2D eigenvalue weighted by Gasteiger charge is 2.02. The monoisotopic (exact) mass is 293 g/mol. The molecule has 4 heteroatoms. The Balaban J connectivity index is 1.73. The second-order valence-electron chi connectivity index (χ2n) is 5.14. The van der Waals surface area contributed by atoms with Crippen molar-refractivity contribution in [3.8, 4) is 11.3 Å². The molecule has 1 N–H and O–H groups in total. The number of halogens is 1. The molecular weight excluding hydrogens is 277 g/mol. The molecule has 0 aliphatic rings. The predicted molar refractivity (Wildman–Crippen MR) is 85.9 cm³/mol. The van der Waals surface area contributed by atoms with E-state index < -0.39 is 0 Å². The summed E-state index contributed by atoms with van der Waals surface area (Å²) in [5, 5.41) is 3.21. The van der Waals surface area contributed by atoms with Crippen LogP contribution >= 0.6 is 0 Å². The van der Waals surface area contributed by atoms with Crippen LogP contribution in [0, 0.1) is 12.7 Å². The molecule has 110 valence electrons. The number of aryl methyl sites for hydroxylation is 1. The van der Waals surface area contributed by atoms with E-state index >= 15 is 0 Å². The maximum Gasteiger partial charge on any atom is 0.145 e. The van der Waals surface area contributed by atoms with Crippen molar-refractivity contribution in [2.24, 2.45) is 0 Å². The van der Waals surface area contributed by atoms with E-state index in [0.29, 0.717) is 12.4 Å². The number of hydrogen-bond acceptors (Lipinski definition) is 3. The van der Waals surface area contributed by atoms with E-state index in [1.807, 2.05) is 12.1 Å². The largest absolute Gasteiger partial charge is 0.365 e. The molecule has 0 spiro atoms. The molecule has 0 unspecified atom stereocenters. The molecule has 2 aromatic carbocycles. The molecule has 0 fully saturated rings. The van der Waals surface area contributed by atoms with E-state index in [1.54, 1.807) is 24.5 Å². The number of hydrogen-bond donors (Lipinski definition) is 1. The van der Waals surface area contributed by atoms with Crippen molar-refractivity contribution in [2.75, 3.05) is 5.32 Å². The van der Waals surface area contributed by atoms with E-state index in [2.05, 4.69) is 34.3 Å². The molecule has 1 aromatic heterocycles. The lowest BCUT2D eigenvalue weighted by Gasteiger charge is -2.07. The van der Waals surface area contributed by atoms with Gasteiger partial charge in [-0.05, 0) is 24.6 Å². The molecule has 0 bridgehead atoms. The van der Waals surface area contributed by atoms with E-state index in [4.69, 9.17) is 0 Å². The van der Waals surface area contributed by atoms with Crippen LogP contribution in [0.3, 0.4) is 0 Å². The van der Waals surface area contributed by atoms with E-state index in [-0.39, 0.29) is 5.82 Å². The zero-order valence-corrected chi connectivity index (χ0v) is 12.3. The van der Waals surface area contributed by atoms with E-state index in [0.717, 1.165) is 16.8 Å². The van der Waals surface area contributed by atoms with Crippen LogP contribution in [-0.2, 0) is 6.54 Å². The predicted octanol–water partition coefficient (Wildman–Crippen LogP) is 4.20. The first-order valence-electron chi connectivity index (χ1n) is 7.08. The van der Waals surface area contributed by atoms with Gasteiger partial charge in [0.15, 0.2) is 0 Å². The van der Waals surface area contributed by atoms with Crippen molar-refractivity contribution in [3.05, 3.63) is 77.9 Å². The molecule has 0 saturated carbocycles. The first-order valence-corrected chi connectivity index (χ1v) is 7.08. The molecule has 0 saturated heterocycles. The zero-order chi connectivity index (χ0) is 15.4. The minimum atomic E-state index is -0.232. The Hall–Kier alpha value is -2.75. The van der Waals surface area contributed by atoms with Crippen molar-refractivity contribution in [2.45, 2.75) is 13.5 Å². The summed E-state index contributed by atoms with van der Waals surface area (Å²) >= 11 is 0. The summed E-state index contributed by atoms with van der Waals surface area (Å²) in [5.41, 5.74) is 4.05. The lowest BCUT2D eigenvalue weighted by molar-refractivity contribution is 0.627. The summed E-state index contributed by atoms with van der Waals surface area (Å²) < 4.78 is 12.9. The van der Waals surface area contributed by atoms with Crippen molar-refractivity contribution in [3.63, 3.8) is 0 Å². The smallest absolute Gasteiger partial charge is 0.145 e. The average Bonchev–Trinajstić information content (AvgIpc) is 2.55. The first kappa shape index (κ1) is 14.2. The first-order chi connectivity index (χ1) is 10.7. The fourth-order valence-electron chi connectivity index (χ4n) is 2.11. The number of anilines is 1. The van der Waals surface area contributed by atoms with Gasteiger partial charge in [0.05, 0.1) is 18.1 Å². The molecular formula is C18H16FN3. The Morgan fingerprint density at radius 3 is 2.41 bits per heavy atom. The number of nitrogens with one attached hydrogen (secondary N) is 1. The Bertz CT molecular complexity index is 752. The van der Waals surface area contributed by atoms with Gasteiger partial charge in [0.2, 0.25) is 0 Å². The minimum absolute atomic E-state index is 0.232. The lowest BCUT2D eigenvalue weighted by atomic mass is 10.1. The quantitative estimate of drug-likeness (QED) is 0.783. The molecule has 0 aliphatic carbocycles. The molecule has 22 heavy (non-hydrogen) atoms. The zero-order valence-electron chi connectivity index (χ0n) is 12.3. The van der Waals surface area contributed by atoms with E-state index in [9.17, 15) is 4.39 Å². The van der Waals surface area contributed by atoms with Crippen LogP contribution in [0.25, 0.3) is 11.3 Å². The molecule has 3 nitrogen and oxygen atoms in total. The fourth-order valence-corrected chi connectivity index (χ4v) is 2.11. The Morgan fingerprint density at radius 2 is 1.68 bits per heavy atom. The highest BCUT2D eigenvalue weighted by molar-refractivity contribution is 5.60. The third-order valence-corrected chi connectivity index (χ3v) is 3.37. The van der Waals surface area contributed by atoms with Crippen LogP contribution in [0.1, 0.15) is 11.1 Å². The second-order valence-corrected chi connectivity index (χ2v) is 5.14. The van der Waals surface area contributed by atoms with Crippen molar-refractivity contribution in [1.29, 1.82) is 0 Å². The third kappa shape index (κ3) is 3.47. The standard InChI is InChI=1S/C18H16FN3/c1-13-2-6-15(7-3-13)17-11-20-12-18(22-17)21-10-14-4-8-16(19)9-5-14/h2-9,11-12H,10H2,1H3,(H,21,22). The molecule has 3 aromatic rings. The average molecular weight is 293 g/mol. The van der Waals surface area contributed by atoms with Gasteiger partial charge in [0.1, 0.15) is 11.6 Å². The van der Waals surface area contributed by atoms with Gasteiger partial charge in [-0.3, -0.25) is 4.98 Å². The van der Waals surface area contributed by atoms with Gasteiger partial charge in [0, 0.05) is 12.1 Å². The maximum atomic E-state index is 12.9. The summed E-state index contributed by atoms with van der Waals surface area (Å²) in [4.78, 5) is 8.78. The summed E-state index contributed by atoms with van der Waals surface area (Å²) in [6.07, 6.45) is 3.43. The van der Waals surface area contributed by atoms with Gasteiger partial charge in [0.25, 0.3) is 0 Å². The van der Waals surface area contributed by atoms with Gasteiger partial charge >= 0.3 is 0 Å². The number of aromatic nitrogens is 2. The van der Waals surface area contributed by atoms with Crippen LogP contribution in [-0.4, -0.2) is 9.97 Å². The van der Waals surface area contributed by atoms with Gasteiger partial charge in [-0.1, -0.05) is 42.0 Å². The van der Waals surface area contributed by atoms with Crippen LogP contribution in [0.5, 0.6) is 0 Å². The second kappa shape index (κ2) is 6.35. The van der Waals surface area contributed by atoms with Crippen molar-refractivity contribution >= 4 is 5.82 Å².